The highest BCUT2D eigenvalue weighted by Gasteiger charge is 2.36. The van der Waals surface area contributed by atoms with Crippen molar-refractivity contribution in [3.8, 4) is 5.75 Å². The summed E-state index contributed by atoms with van der Waals surface area (Å²) >= 11 is 0. The van der Waals surface area contributed by atoms with Crippen LogP contribution < -0.4 is 4.84 Å². The average molecular weight is 205 g/mol. The van der Waals surface area contributed by atoms with E-state index in [1.807, 2.05) is 18.2 Å². The predicted molar refractivity (Wildman–Crippen MR) is 62.0 cm³/mol. The van der Waals surface area contributed by atoms with Crippen molar-refractivity contribution in [2.24, 2.45) is 0 Å². The van der Waals surface area contributed by atoms with Crippen molar-refractivity contribution in [3.05, 3.63) is 29.8 Å². The molecule has 0 unspecified atom stereocenters. The summed E-state index contributed by atoms with van der Waals surface area (Å²) in [6.45, 7) is 5.51. The summed E-state index contributed by atoms with van der Waals surface area (Å²) in [6.07, 6.45) is 2.32. The number of benzene rings is 1. The maximum atomic E-state index is 5.72. The molecule has 1 aromatic carbocycles. The Kier molecular flexibility index (Phi) is 2.70. The Labute approximate surface area is 91.8 Å². The minimum absolute atomic E-state index is 0.267. The smallest absolute Gasteiger partial charge is 0.151 e. The first-order chi connectivity index (χ1) is 7.22. The molecule has 15 heavy (non-hydrogen) atoms. The third kappa shape index (κ3) is 1.63. The van der Waals surface area contributed by atoms with Gasteiger partial charge in [-0.15, -0.1) is 5.06 Å². The fraction of sp³-hybridized carbons (Fsp3) is 0.538. The first-order valence-electron chi connectivity index (χ1n) is 5.70. The fourth-order valence-corrected chi connectivity index (χ4v) is 2.55. The number of fused-ring (bicyclic) bond motifs is 1. The van der Waals surface area contributed by atoms with Crippen LogP contribution in [-0.2, 0) is 5.41 Å². The summed E-state index contributed by atoms with van der Waals surface area (Å²) in [5.41, 5.74) is 1.64. The molecule has 1 aliphatic rings. The van der Waals surface area contributed by atoms with Crippen LogP contribution in [0.3, 0.4) is 0 Å². The Morgan fingerprint density at radius 1 is 1.27 bits per heavy atom. The van der Waals surface area contributed by atoms with Gasteiger partial charge in [-0.2, -0.15) is 0 Å². The Bertz CT molecular complexity index is 344. The van der Waals surface area contributed by atoms with Crippen LogP contribution in [-0.4, -0.2) is 18.7 Å². The quantitative estimate of drug-likeness (QED) is 0.736. The average Bonchev–Trinajstić information content (AvgIpc) is 2.27. The van der Waals surface area contributed by atoms with Crippen molar-refractivity contribution in [3.63, 3.8) is 0 Å². The molecule has 0 saturated heterocycles. The Morgan fingerprint density at radius 3 is 2.60 bits per heavy atom. The molecule has 0 spiro atoms. The molecule has 0 amide bonds. The lowest BCUT2D eigenvalue weighted by Gasteiger charge is -2.41. The number of likely N-dealkylation sites (N-methyl/N-ethyl adjacent to an activating group) is 1. The summed E-state index contributed by atoms with van der Waals surface area (Å²) in [4.78, 5) is 5.72. The second-order valence-electron chi connectivity index (χ2n) is 4.36. The van der Waals surface area contributed by atoms with E-state index in [4.69, 9.17) is 4.84 Å². The van der Waals surface area contributed by atoms with Gasteiger partial charge in [0.05, 0.1) is 0 Å². The topological polar surface area (TPSA) is 12.5 Å². The third-order valence-corrected chi connectivity index (χ3v) is 3.59. The molecular weight excluding hydrogens is 186 g/mol. The van der Waals surface area contributed by atoms with E-state index in [-0.39, 0.29) is 5.41 Å². The summed E-state index contributed by atoms with van der Waals surface area (Å²) < 4.78 is 0. The molecule has 0 fully saturated rings. The Balaban J connectivity index is 2.50. The molecule has 1 heterocycles. The van der Waals surface area contributed by atoms with Gasteiger partial charge in [-0.05, 0) is 18.9 Å². The van der Waals surface area contributed by atoms with Crippen LogP contribution >= 0.6 is 0 Å². The summed E-state index contributed by atoms with van der Waals surface area (Å²) in [7, 11) is 2.01. The van der Waals surface area contributed by atoms with Crippen molar-refractivity contribution in [1.82, 2.24) is 5.06 Å². The van der Waals surface area contributed by atoms with Gasteiger partial charge in [-0.25, -0.2) is 0 Å². The van der Waals surface area contributed by atoms with Crippen molar-refractivity contribution in [2.45, 2.75) is 32.1 Å². The maximum absolute atomic E-state index is 5.72. The number of rotatable bonds is 2. The van der Waals surface area contributed by atoms with Crippen molar-refractivity contribution in [2.75, 3.05) is 13.6 Å². The lowest BCUT2D eigenvalue weighted by molar-refractivity contribution is -0.0704. The van der Waals surface area contributed by atoms with Gasteiger partial charge in [0, 0.05) is 24.6 Å². The molecule has 0 bridgehead atoms. The predicted octanol–water partition coefficient (Wildman–Crippen LogP) is 2.98. The molecule has 1 aromatic rings. The van der Waals surface area contributed by atoms with Crippen LogP contribution in [0, 0.1) is 0 Å². The molecule has 0 radical (unpaired) electrons. The maximum Gasteiger partial charge on any atom is 0.151 e. The first kappa shape index (κ1) is 10.5. The van der Waals surface area contributed by atoms with E-state index in [9.17, 15) is 0 Å². The Hall–Kier alpha value is -1.02. The van der Waals surface area contributed by atoms with Crippen LogP contribution in [0.4, 0.5) is 0 Å². The molecule has 0 N–H and O–H groups in total. The summed E-state index contributed by atoms with van der Waals surface area (Å²) in [6, 6.07) is 8.40. The minimum Gasteiger partial charge on any atom is -0.406 e. The van der Waals surface area contributed by atoms with E-state index < -0.39 is 0 Å². The largest absolute Gasteiger partial charge is 0.406 e. The molecule has 2 rings (SSSR count). The lowest BCUT2D eigenvalue weighted by Crippen LogP contribution is -2.44. The molecule has 0 saturated carbocycles. The van der Waals surface area contributed by atoms with Gasteiger partial charge in [0.2, 0.25) is 0 Å². The molecular formula is C13H19NO. The standard InChI is InChI=1S/C13H19NO/c1-4-13(5-2)10-14(3)15-12-9-7-6-8-11(12)13/h6-9H,4-5,10H2,1-3H3. The van der Waals surface area contributed by atoms with Gasteiger partial charge in [0.15, 0.2) is 5.75 Å². The highest BCUT2D eigenvalue weighted by atomic mass is 16.7. The zero-order chi connectivity index (χ0) is 10.9. The molecule has 0 aromatic heterocycles. The van der Waals surface area contributed by atoms with Crippen molar-refractivity contribution >= 4 is 0 Å². The SMILES string of the molecule is CCC1(CC)CN(C)Oc2ccccc21. The van der Waals surface area contributed by atoms with E-state index in [0.29, 0.717) is 0 Å². The highest BCUT2D eigenvalue weighted by Crippen LogP contribution is 2.41. The van der Waals surface area contributed by atoms with E-state index in [1.165, 1.54) is 5.56 Å². The van der Waals surface area contributed by atoms with E-state index >= 15 is 0 Å². The first-order valence-corrected chi connectivity index (χ1v) is 5.70. The molecule has 1 aliphatic heterocycles. The minimum atomic E-state index is 0.267. The fourth-order valence-electron chi connectivity index (χ4n) is 2.55. The van der Waals surface area contributed by atoms with Crippen LogP contribution in [0.5, 0.6) is 5.75 Å². The summed E-state index contributed by atoms with van der Waals surface area (Å²) in [5.74, 6) is 1.02. The number of hydroxylamine groups is 2. The van der Waals surface area contributed by atoms with E-state index in [0.717, 1.165) is 25.1 Å². The molecule has 82 valence electrons. The van der Waals surface area contributed by atoms with Gasteiger partial charge >= 0.3 is 0 Å². The van der Waals surface area contributed by atoms with Crippen LogP contribution in [0.2, 0.25) is 0 Å². The van der Waals surface area contributed by atoms with Crippen molar-refractivity contribution < 1.29 is 4.84 Å². The van der Waals surface area contributed by atoms with Gasteiger partial charge in [-0.1, -0.05) is 32.0 Å². The number of para-hydroxylation sites is 1. The zero-order valence-corrected chi connectivity index (χ0v) is 9.79. The normalized spacial score (nSPS) is 19.4. The molecule has 2 heteroatoms. The number of hydrogen-bond acceptors (Lipinski definition) is 2. The monoisotopic (exact) mass is 205 g/mol. The van der Waals surface area contributed by atoms with Crippen molar-refractivity contribution in [1.29, 1.82) is 0 Å². The van der Waals surface area contributed by atoms with Gasteiger partial charge in [-0.3, -0.25) is 0 Å². The second kappa shape index (κ2) is 3.86. The van der Waals surface area contributed by atoms with Gasteiger partial charge < -0.3 is 4.84 Å². The van der Waals surface area contributed by atoms with Gasteiger partial charge in [0.25, 0.3) is 0 Å². The highest BCUT2D eigenvalue weighted by molar-refractivity contribution is 5.41. The molecule has 0 atom stereocenters. The van der Waals surface area contributed by atoms with Crippen LogP contribution in [0.25, 0.3) is 0 Å². The Morgan fingerprint density at radius 2 is 1.93 bits per heavy atom. The summed E-state index contributed by atoms with van der Waals surface area (Å²) in [5, 5.41) is 1.95. The number of hydrogen-bond donors (Lipinski definition) is 0. The number of nitrogens with zero attached hydrogens (tertiary/aromatic N) is 1. The van der Waals surface area contributed by atoms with E-state index in [2.05, 4.69) is 32.0 Å². The van der Waals surface area contributed by atoms with Crippen LogP contribution in [0.15, 0.2) is 24.3 Å². The van der Waals surface area contributed by atoms with Gasteiger partial charge in [0.1, 0.15) is 0 Å². The molecule has 0 aliphatic carbocycles. The molecule has 2 nitrogen and oxygen atoms in total. The third-order valence-electron chi connectivity index (χ3n) is 3.59. The zero-order valence-electron chi connectivity index (χ0n) is 9.79. The second-order valence-corrected chi connectivity index (χ2v) is 4.36. The van der Waals surface area contributed by atoms with E-state index in [1.54, 1.807) is 0 Å². The van der Waals surface area contributed by atoms with Crippen LogP contribution in [0.1, 0.15) is 32.3 Å². The lowest BCUT2D eigenvalue weighted by atomic mass is 9.74.